The summed E-state index contributed by atoms with van der Waals surface area (Å²) >= 11 is 0. The predicted octanol–water partition coefficient (Wildman–Crippen LogP) is 3.57. The molecule has 1 unspecified atom stereocenters. The average Bonchev–Trinajstić information content (AvgIpc) is 2.42. The van der Waals surface area contributed by atoms with Gasteiger partial charge in [0.05, 0.1) is 6.61 Å². The maximum atomic E-state index is 11.6. The van der Waals surface area contributed by atoms with Gasteiger partial charge in [-0.05, 0) is 50.7 Å². The van der Waals surface area contributed by atoms with Crippen molar-refractivity contribution in [2.75, 3.05) is 6.61 Å². The first-order chi connectivity index (χ1) is 9.27. The molecule has 2 atom stereocenters. The number of allylic oxidation sites excluding steroid dienone is 2. The van der Waals surface area contributed by atoms with Crippen LogP contribution in [-0.4, -0.2) is 24.8 Å². The molecule has 19 heavy (non-hydrogen) atoms. The lowest BCUT2D eigenvalue weighted by molar-refractivity contribution is -0.164. The summed E-state index contributed by atoms with van der Waals surface area (Å²) in [6, 6.07) is 0. The molecule has 1 aliphatic rings. The van der Waals surface area contributed by atoms with Gasteiger partial charge in [-0.15, -0.1) is 13.2 Å². The zero-order valence-corrected chi connectivity index (χ0v) is 11.6. The second kappa shape index (κ2) is 9.70. The van der Waals surface area contributed by atoms with E-state index in [0.29, 0.717) is 6.61 Å². The molecule has 0 fully saturated rings. The molecule has 0 radical (unpaired) electrons. The third kappa shape index (κ3) is 6.50. The highest BCUT2D eigenvalue weighted by Crippen LogP contribution is 2.16. The molecule has 3 heteroatoms. The largest absolute Gasteiger partial charge is 0.349 e. The van der Waals surface area contributed by atoms with Crippen LogP contribution in [0.3, 0.4) is 0 Å². The SMILES string of the molecule is C=CCCCCOC1C=CC(=O)[C@H](CCCC=C)O1. The van der Waals surface area contributed by atoms with Crippen LogP contribution in [0.15, 0.2) is 37.5 Å². The van der Waals surface area contributed by atoms with E-state index in [0.717, 1.165) is 38.5 Å². The van der Waals surface area contributed by atoms with Gasteiger partial charge in [0.25, 0.3) is 0 Å². The molecular formula is C16H24O3. The normalized spacial score (nSPS) is 22.4. The Morgan fingerprint density at radius 1 is 1.21 bits per heavy atom. The minimum absolute atomic E-state index is 0.0376. The van der Waals surface area contributed by atoms with Gasteiger partial charge in [0.1, 0.15) is 6.10 Å². The summed E-state index contributed by atoms with van der Waals surface area (Å²) in [5.41, 5.74) is 0. The molecular weight excluding hydrogens is 240 g/mol. The number of ketones is 1. The Bertz CT molecular complexity index is 320. The first-order valence-electron chi connectivity index (χ1n) is 6.99. The van der Waals surface area contributed by atoms with Gasteiger partial charge in [-0.3, -0.25) is 4.79 Å². The van der Waals surface area contributed by atoms with Crippen molar-refractivity contribution in [1.29, 1.82) is 0 Å². The molecule has 0 aromatic heterocycles. The second-order valence-electron chi connectivity index (χ2n) is 4.63. The van der Waals surface area contributed by atoms with Crippen LogP contribution in [0, 0.1) is 0 Å². The summed E-state index contributed by atoms with van der Waals surface area (Å²) < 4.78 is 11.2. The van der Waals surface area contributed by atoms with Crippen LogP contribution in [0.2, 0.25) is 0 Å². The van der Waals surface area contributed by atoms with Crippen LogP contribution in [0.5, 0.6) is 0 Å². The van der Waals surface area contributed by atoms with Crippen LogP contribution < -0.4 is 0 Å². The second-order valence-corrected chi connectivity index (χ2v) is 4.63. The molecule has 1 heterocycles. The van der Waals surface area contributed by atoms with Crippen molar-refractivity contribution in [3.63, 3.8) is 0 Å². The van der Waals surface area contributed by atoms with Gasteiger partial charge >= 0.3 is 0 Å². The molecule has 0 N–H and O–H groups in total. The molecule has 0 saturated carbocycles. The number of hydrogen-bond donors (Lipinski definition) is 0. The molecule has 106 valence electrons. The van der Waals surface area contributed by atoms with Gasteiger partial charge in [-0.1, -0.05) is 12.2 Å². The van der Waals surface area contributed by atoms with Crippen molar-refractivity contribution in [3.05, 3.63) is 37.5 Å². The summed E-state index contributed by atoms with van der Waals surface area (Å²) in [4.78, 5) is 11.6. The summed E-state index contributed by atoms with van der Waals surface area (Å²) in [6.45, 7) is 8.00. The molecule has 1 rings (SSSR count). The number of hydrogen-bond acceptors (Lipinski definition) is 3. The van der Waals surface area contributed by atoms with E-state index in [1.807, 2.05) is 12.2 Å². The van der Waals surface area contributed by atoms with E-state index in [1.54, 1.807) is 12.2 Å². The number of carbonyl (C=O) groups excluding carboxylic acids is 1. The molecule has 0 bridgehead atoms. The lowest BCUT2D eigenvalue weighted by Crippen LogP contribution is -2.33. The monoisotopic (exact) mass is 264 g/mol. The van der Waals surface area contributed by atoms with Crippen LogP contribution in [0.4, 0.5) is 0 Å². The molecule has 3 nitrogen and oxygen atoms in total. The fourth-order valence-corrected chi connectivity index (χ4v) is 1.90. The van der Waals surface area contributed by atoms with Crippen molar-refractivity contribution >= 4 is 5.78 Å². The maximum absolute atomic E-state index is 11.6. The highest BCUT2D eigenvalue weighted by Gasteiger charge is 2.24. The smallest absolute Gasteiger partial charge is 0.184 e. The Labute approximate surface area is 116 Å². The van der Waals surface area contributed by atoms with Crippen LogP contribution >= 0.6 is 0 Å². The van der Waals surface area contributed by atoms with Gasteiger partial charge in [0, 0.05) is 0 Å². The highest BCUT2D eigenvalue weighted by atomic mass is 16.7. The van der Waals surface area contributed by atoms with E-state index in [4.69, 9.17) is 9.47 Å². The summed E-state index contributed by atoms with van der Waals surface area (Å²) in [7, 11) is 0. The van der Waals surface area contributed by atoms with E-state index in [9.17, 15) is 4.79 Å². The molecule has 0 amide bonds. The molecule has 0 aromatic rings. The van der Waals surface area contributed by atoms with Gasteiger partial charge in [0.15, 0.2) is 12.1 Å². The Morgan fingerprint density at radius 2 is 1.95 bits per heavy atom. The standard InChI is InChI=1S/C16H24O3/c1-3-5-7-9-13-18-16-12-11-14(17)15(19-16)10-8-6-4-2/h3-4,11-12,15-16H,1-2,5-10,13H2/t15-,16?/m0/s1. The van der Waals surface area contributed by atoms with E-state index >= 15 is 0 Å². The van der Waals surface area contributed by atoms with E-state index < -0.39 is 0 Å². The van der Waals surface area contributed by atoms with E-state index in [2.05, 4.69) is 13.2 Å². The van der Waals surface area contributed by atoms with Crippen molar-refractivity contribution in [3.8, 4) is 0 Å². The first-order valence-corrected chi connectivity index (χ1v) is 6.99. The fourth-order valence-electron chi connectivity index (χ4n) is 1.90. The maximum Gasteiger partial charge on any atom is 0.184 e. The Hall–Kier alpha value is -1.19. The van der Waals surface area contributed by atoms with Crippen molar-refractivity contribution in [2.45, 2.75) is 50.9 Å². The quantitative estimate of drug-likeness (QED) is 0.447. The lowest BCUT2D eigenvalue weighted by atomic mass is 10.1. The zero-order chi connectivity index (χ0) is 13.9. The third-order valence-electron chi connectivity index (χ3n) is 2.99. The lowest BCUT2D eigenvalue weighted by Gasteiger charge is -2.24. The van der Waals surface area contributed by atoms with E-state index in [1.165, 1.54) is 0 Å². The number of ether oxygens (including phenoxy) is 2. The number of carbonyl (C=O) groups is 1. The first kappa shape index (κ1) is 15.9. The topological polar surface area (TPSA) is 35.5 Å². The highest BCUT2D eigenvalue weighted by molar-refractivity contribution is 5.94. The Balaban J connectivity index is 2.24. The Morgan fingerprint density at radius 3 is 2.68 bits per heavy atom. The van der Waals surface area contributed by atoms with Crippen molar-refractivity contribution < 1.29 is 14.3 Å². The number of unbranched alkanes of at least 4 members (excludes halogenated alkanes) is 3. The van der Waals surface area contributed by atoms with E-state index in [-0.39, 0.29) is 18.2 Å². The van der Waals surface area contributed by atoms with Crippen LogP contribution in [0.25, 0.3) is 0 Å². The van der Waals surface area contributed by atoms with Gasteiger partial charge in [0.2, 0.25) is 0 Å². The summed E-state index contributed by atoms with van der Waals surface area (Å²) in [6.07, 6.45) is 11.9. The van der Waals surface area contributed by atoms with Gasteiger partial charge in [-0.25, -0.2) is 0 Å². The zero-order valence-electron chi connectivity index (χ0n) is 11.6. The molecule has 0 aromatic carbocycles. The minimum atomic E-state index is -0.379. The molecule has 1 aliphatic heterocycles. The van der Waals surface area contributed by atoms with Crippen molar-refractivity contribution in [1.82, 2.24) is 0 Å². The molecule has 0 spiro atoms. The molecule has 0 aliphatic carbocycles. The van der Waals surface area contributed by atoms with Gasteiger partial charge < -0.3 is 9.47 Å². The minimum Gasteiger partial charge on any atom is -0.349 e. The van der Waals surface area contributed by atoms with Crippen LogP contribution in [0.1, 0.15) is 38.5 Å². The third-order valence-corrected chi connectivity index (χ3v) is 2.99. The van der Waals surface area contributed by atoms with Gasteiger partial charge in [-0.2, -0.15) is 0 Å². The molecule has 0 saturated heterocycles. The Kier molecular flexibility index (Phi) is 8.10. The summed E-state index contributed by atoms with van der Waals surface area (Å²) in [5.74, 6) is 0.0376. The summed E-state index contributed by atoms with van der Waals surface area (Å²) in [5, 5.41) is 0. The van der Waals surface area contributed by atoms with Crippen LogP contribution in [-0.2, 0) is 14.3 Å². The number of rotatable bonds is 10. The fraction of sp³-hybridized carbons (Fsp3) is 0.562. The predicted molar refractivity (Wildman–Crippen MR) is 76.9 cm³/mol. The average molecular weight is 264 g/mol. The van der Waals surface area contributed by atoms with Crippen molar-refractivity contribution in [2.24, 2.45) is 0 Å².